The summed E-state index contributed by atoms with van der Waals surface area (Å²) in [7, 11) is 1.45. The Balaban J connectivity index is 1.49. The van der Waals surface area contributed by atoms with Crippen molar-refractivity contribution < 1.29 is 19.1 Å². The zero-order valence-corrected chi connectivity index (χ0v) is 20.6. The second-order valence-corrected chi connectivity index (χ2v) is 9.76. The Morgan fingerprint density at radius 1 is 1.15 bits per heavy atom. The lowest BCUT2D eigenvalue weighted by molar-refractivity contribution is -0.139. The summed E-state index contributed by atoms with van der Waals surface area (Å²) in [6.07, 6.45) is 1.63. The lowest BCUT2D eigenvalue weighted by Crippen LogP contribution is -2.63. The molecule has 0 aliphatic carbocycles. The number of nitrogens with zero attached hydrogens (tertiary/aromatic N) is 3. The van der Waals surface area contributed by atoms with Gasteiger partial charge in [-0.05, 0) is 49.9 Å². The van der Waals surface area contributed by atoms with Gasteiger partial charge in [-0.2, -0.15) is 0 Å². The Morgan fingerprint density at radius 2 is 1.88 bits per heavy atom. The zero-order valence-electron chi connectivity index (χ0n) is 19.0. The van der Waals surface area contributed by atoms with Crippen LogP contribution >= 0.6 is 22.9 Å². The van der Waals surface area contributed by atoms with Crippen LogP contribution in [0.3, 0.4) is 0 Å². The van der Waals surface area contributed by atoms with E-state index in [1.165, 1.54) is 30.6 Å². The number of methoxy groups -OCH3 is 1. The van der Waals surface area contributed by atoms with E-state index in [4.69, 9.17) is 16.3 Å². The standard InChI is InChI=1S/C23H28ClN5O4S/c1-33-19-15-16(14-18(24)26-19)20(30)27-23(5-7-25-8-6-23)22(32)29-10-3-9-28(11-12-29)21(31)17-4-2-13-34-17/h2,4,13-15,25H,3,5-12H2,1H3,(H,27,30). The largest absolute Gasteiger partial charge is 0.481 e. The minimum atomic E-state index is -1.03. The van der Waals surface area contributed by atoms with Gasteiger partial charge in [0.05, 0.1) is 12.0 Å². The van der Waals surface area contributed by atoms with Crippen LogP contribution in [0.4, 0.5) is 0 Å². The van der Waals surface area contributed by atoms with Crippen LogP contribution in [0.25, 0.3) is 0 Å². The molecule has 2 aliphatic rings. The van der Waals surface area contributed by atoms with Gasteiger partial charge in [0.25, 0.3) is 11.8 Å². The van der Waals surface area contributed by atoms with Crippen molar-refractivity contribution in [1.29, 1.82) is 0 Å². The summed E-state index contributed by atoms with van der Waals surface area (Å²) in [5, 5.41) is 8.29. The van der Waals surface area contributed by atoms with Gasteiger partial charge in [0.2, 0.25) is 11.8 Å². The van der Waals surface area contributed by atoms with Crippen LogP contribution in [0, 0.1) is 0 Å². The molecule has 2 fully saturated rings. The molecule has 4 heterocycles. The van der Waals surface area contributed by atoms with E-state index < -0.39 is 11.4 Å². The van der Waals surface area contributed by atoms with E-state index in [0.717, 1.165) is 0 Å². The molecule has 0 saturated carbocycles. The molecule has 4 rings (SSSR count). The maximum absolute atomic E-state index is 13.8. The highest BCUT2D eigenvalue weighted by atomic mass is 35.5. The number of carbonyl (C=O) groups is 3. The van der Waals surface area contributed by atoms with Gasteiger partial charge < -0.3 is 25.2 Å². The van der Waals surface area contributed by atoms with Crippen molar-refractivity contribution in [2.75, 3.05) is 46.4 Å². The number of rotatable bonds is 5. The third kappa shape index (κ3) is 5.34. The maximum atomic E-state index is 13.8. The Labute approximate surface area is 207 Å². The molecule has 0 bridgehead atoms. The Bertz CT molecular complexity index is 1040. The van der Waals surface area contributed by atoms with Crippen LogP contribution in [0.1, 0.15) is 39.3 Å². The normalized spacial score (nSPS) is 18.2. The molecule has 0 spiro atoms. The van der Waals surface area contributed by atoms with E-state index in [-0.39, 0.29) is 28.4 Å². The summed E-state index contributed by atoms with van der Waals surface area (Å²) in [6.45, 7) is 3.24. The number of piperidine rings is 1. The molecule has 2 aromatic heterocycles. The van der Waals surface area contributed by atoms with Gasteiger partial charge in [0.15, 0.2) is 0 Å². The van der Waals surface area contributed by atoms with Crippen LogP contribution in [-0.4, -0.2) is 84.4 Å². The first-order chi connectivity index (χ1) is 16.4. The fourth-order valence-corrected chi connectivity index (χ4v) is 5.32. The quantitative estimate of drug-likeness (QED) is 0.603. The van der Waals surface area contributed by atoms with Gasteiger partial charge in [-0.1, -0.05) is 17.7 Å². The van der Waals surface area contributed by atoms with Gasteiger partial charge >= 0.3 is 0 Å². The molecule has 2 aliphatic heterocycles. The average molecular weight is 506 g/mol. The number of hydrogen-bond acceptors (Lipinski definition) is 7. The first-order valence-electron chi connectivity index (χ1n) is 11.3. The topological polar surface area (TPSA) is 104 Å². The van der Waals surface area contributed by atoms with Crippen molar-refractivity contribution >= 4 is 40.7 Å². The number of nitrogens with one attached hydrogen (secondary N) is 2. The van der Waals surface area contributed by atoms with Gasteiger partial charge in [-0.15, -0.1) is 11.3 Å². The van der Waals surface area contributed by atoms with E-state index in [1.807, 2.05) is 17.5 Å². The molecule has 9 nitrogen and oxygen atoms in total. The molecule has 3 amide bonds. The first kappa shape index (κ1) is 24.4. The summed E-state index contributed by atoms with van der Waals surface area (Å²) in [5.41, 5.74) is -0.746. The number of halogens is 1. The Hall–Kier alpha value is -2.69. The second kappa shape index (κ2) is 10.7. The Kier molecular flexibility index (Phi) is 7.70. The number of carbonyl (C=O) groups excluding carboxylic acids is 3. The minimum Gasteiger partial charge on any atom is -0.481 e. The minimum absolute atomic E-state index is 0.00213. The highest BCUT2D eigenvalue weighted by molar-refractivity contribution is 7.12. The number of hydrogen-bond donors (Lipinski definition) is 2. The average Bonchev–Trinajstić information content (AvgIpc) is 3.28. The molecular weight excluding hydrogens is 478 g/mol. The molecule has 34 heavy (non-hydrogen) atoms. The van der Waals surface area contributed by atoms with Crippen LogP contribution < -0.4 is 15.4 Å². The lowest BCUT2D eigenvalue weighted by Gasteiger charge is -2.40. The maximum Gasteiger partial charge on any atom is 0.263 e. The van der Waals surface area contributed by atoms with Crippen molar-refractivity contribution in [1.82, 2.24) is 25.4 Å². The highest BCUT2D eigenvalue weighted by Gasteiger charge is 2.44. The summed E-state index contributed by atoms with van der Waals surface area (Å²) in [6, 6.07) is 6.64. The van der Waals surface area contributed by atoms with E-state index in [2.05, 4.69) is 15.6 Å². The number of amides is 3. The molecule has 2 aromatic rings. The van der Waals surface area contributed by atoms with E-state index >= 15 is 0 Å². The lowest BCUT2D eigenvalue weighted by atomic mass is 9.86. The number of aromatic nitrogens is 1. The summed E-state index contributed by atoms with van der Waals surface area (Å²) in [5.74, 6) is -0.286. The number of ether oxygens (including phenoxy) is 1. The summed E-state index contributed by atoms with van der Waals surface area (Å²) >= 11 is 7.46. The third-order valence-corrected chi connectivity index (χ3v) is 7.31. The molecular formula is C23H28ClN5O4S. The fraction of sp³-hybridized carbons (Fsp3) is 0.478. The van der Waals surface area contributed by atoms with Crippen LogP contribution in [0.5, 0.6) is 5.88 Å². The Morgan fingerprint density at radius 3 is 2.59 bits per heavy atom. The molecule has 0 radical (unpaired) electrons. The van der Waals surface area contributed by atoms with Crippen molar-refractivity contribution in [3.63, 3.8) is 0 Å². The SMILES string of the molecule is COc1cc(C(=O)NC2(C(=O)N3CCCN(C(=O)c4cccs4)CC3)CCNCC2)cc(Cl)n1. The van der Waals surface area contributed by atoms with Gasteiger partial charge in [0.1, 0.15) is 10.7 Å². The van der Waals surface area contributed by atoms with Crippen LogP contribution in [-0.2, 0) is 4.79 Å². The van der Waals surface area contributed by atoms with Crippen molar-refractivity contribution in [2.24, 2.45) is 0 Å². The smallest absolute Gasteiger partial charge is 0.263 e. The van der Waals surface area contributed by atoms with Crippen molar-refractivity contribution in [2.45, 2.75) is 24.8 Å². The first-order valence-corrected chi connectivity index (χ1v) is 12.5. The predicted molar refractivity (Wildman–Crippen MR) is 130 cm³/mol. The van der Waals surface area contributed by atoms with Gasteiger partial charge in [-0.25, -0.2) is 4.98 Å². The van der Waals surface area contributed by atoms with Crippen molar-refractivity contribution in [3.05, 3.63) is 45.2 Å². The molecule has 0 unspecified atom stereocenters. The van der Waals surface area contributed by atoms with E-state index in [1.54, 1.807) is 9.80 Å². The van der Waals surface area contributed by atoms with E-state index in [9.17, 15) is 14.4 Å². The van der Waals surface area contributed by atoms with Crippen molar-refractivity contribution in [3.8, 4) is 5.88 Å². The molecule has 2 N–H and O–H groups in total. The molecule has 0 aromatic carbocycles. The number of thiophene rings is 1. The van der Waals surface area contributed by atoms with Crippen LogP contribution in [0.2, 0.25) is 5.15 Å². The molecule has 2 saturated heterocycles. The molecule has 11 heteroatoms. The predicted octanol–water partition coefficient (Wildman–Crippen LogP) is 2.03. The zero-order chi connectivity index (χ0) is 24.1. The summed E-state index contributed by atoms with van der Waals surface area (Å²) in [4.78, 5) is 48.1. The van der Waals surface area contributed by atoms with Crippen LogP contribution in [0.15, 0.2) is 29.6 Å². The highest BCUT2D eigenvalue weighted by Crippen LogP contribution is 2.25. The summed E-state index contributed by atoms with van der Waals surface area (Å²) < 4.78 is 5.12. The number of pyridine rings is 1. The fourth-order valence-electron chi connectivity index (χ4n) is 4.43. The monoisotopic (exact) mass is 505 g/mol. The second-order valence-electron chi connectivity index (χ2n) is 8.42. The third-order valence-electron chi connectivity index (χ3n) is 6.26. The van der Waals surface area contributed by atoms with Gasteiger partial charge in [0, 0.05) is 37.8 Å². The van der Waals surface area contributed by atoms with E-state index in [0.29, 0.717) is 63.4 Å². The van der Waals surface area contributed by atoms with Gasteiger partial charge in [-0.3, -0.25) is 14.4 Å². The molecule has 182 valence electrons. The molecule has 0 atom stereocenters.